The van der Waals surface area contributed by atoms with E-state index in [1.807, 2.05) is 13.1 Å². The summed E-state index contributed by atoms with van der Waals surface area (Å²) in [5.41, 5.74) is 0.698. The van der Waals surface area contributed by atoms with Crippen LogP contribution in [-0.4, -0.2) is 29.2 Å². The Morgan fingerprint density at radius 2 is 2.12 bits per heavy atom. The topological polar surface area (TPSA) is 23.5 Å². The third-order valence-corrected chi connectivity index (χ3v) is 3.39. The number of likely N-dealkylation sites (N-methyl/N-ethyl adjacent to an activating group) is 1. The average molecular weight is 223 g/mol. The predicted octanol–water partition coefficient (Wildman–Crippen LogP) is 2.17. The van der Waals surface area contributed by atoms with Crippen molar-refractivity contribution in [3.8, 4) is 0 Å². The largest absolute Gasteiger partial charge is 0.391 e. The number of aliphatic hydroxyl groups excluding tert-OH is 1. The van der Waals surface area contributed by atoms with E-state index in [9.17, 15) is 9.50 Å². The molecule has 0 aromatic heterocycles. The molecule has 1 N–H and O–H groups in total. The van der Waals surface area contributed by atoms with Gasteiger partial charge in [-0.3, -0.25) is 4.90 Å². The number of hydrogen-bond donors (Lipinski definition) is 1. The number of hydrogen-bond acceptors (Lipinski definition) is 2. The molecule has 2 atom stereocenters. The van der Waals surface area contributed by atoms with Gasteiger partial charge in [0.2, 0.25) is 0 Å². The minimum atomic E-state index is -0.253. The van der Waals surface area contributed by atoms with E-state index in [0.29, 0.717) is 12.1 Å². The van der Waals surface area contributed by atoms with Gasteiger partial charge in [0.05, 0.1) is 6.10 Å². The van der Waals surface area contributed by atoms with Crippen molar-refractivity contribution >= 4 is 0 Å². The standard InChI is InChI=1S/C13H18FNO/c1-15(12-7-4-8-13(12)16)9-10-5-2-3-6-11(10)14/h2-3,5-6,12-13,16H,4,7-9H2,1H3/t12-,13-/m1/s1. The van der Waals surface area contributed by atoms with Crippen molar-refractivity contribution in [2.75, 3.05) is 7.05 Å². The summed E-state index contributed by atoms with van der Waals surface area (Å²) >= 11 is 0. The van der Waals surface area contributed by atoms with Gasteiger partial charge in [-0.1, -0.05) is 18.2 Å². The molecule has 1 aromatic carbocycles. The molecule has 0 saturated heterocycles. The molecule has 1 fully saturated rings. The fourth-order valence-electron chi connectivity index (χ4n) is 2.45. The number of aliphatic hydroxyl groups is 1. The first-order valence-corrected chi connectivity index (χ1v) is 5.80. The first-order chi connectivity index (χ1) is 7.68. The van der Waals surface area contributed by atoms with Crippen molar-refractivity contribution in [1.29, 1.82) is 0 Å². The summed E-state index contributed by atoms with van der Waals surface area (Å²) < 4.78 is 13.4. The number of nitrogens with zero attached hydrogens (tertiary/aromatic N) is 1. The molecule has 88 valence electrons. The highest BCUT2D eigenvalue weighted by Gasteiger charge is 2.28. The Labute approximate surface area is 95.7 Å². The van der Waals surface area contributed by atoms with E-state index < -0.39 is 0 Å². The molecule has 3 heteroatoms. The Morgan fingerprint density at radius 3 is 2.75 bits per heavy atom. The monoisotopic (exact) mass is 223 g/mol. The minimum Gasteiger partial charge on any atom is -0.391 e. The lowest BCUT2D eigenvalue weighted by atomic mass is 10.1. The molecule has 0 unspecified atom stereocenters. The molecule has 0 aliphatic heterocycles. The van der Waals surface area contributed by atoms with Gasteiger partial charge in [-0.2, -0.15) is 0 Å². The molecule has 1 aromatic rings. The molecular formula is C13H18FNO. The van der Waals surface area contributed by atoms with Gasteiger partial charge in [-0.15, -0.1) is 0 Å². The van der Waals surface area contributed by atoms with Gasteiger partial charge in [0.15, 0.2) is 0 Å². The Bertz CT molecular complexity index is 356. The zero-order valence-corrected chi connectivity index (χ0v) is 9.56. The van der Waals surface area contributed by atoms with Crippen LogP contribution in [0.4, 0.5) is 4.39 Å². The minimum absolute atomic E-state index is 0.165. The zero-order chi connectivity index (χ0) is 11.5. The second-order valence-electron chi connectivity index (χ2n) is 4.57. The van der Waals surface area contributed by atoms with E-state index in [4.69, 9.17) is 0 Å². The summed E-state index contributed by atoms with van der Waals surface area (Å²) in [5, 5.41) is 9.77. The lowest BCUT2D eigenvalue weighted by Gasteiger charge is -2.27. The van der Waals surface area contributed by atoms with Crippen molar-refractivity contribution in [2.45, 2.75) is 38.0 Å². The third-order valence-electron chi connectivity index (χ3n) is 3.39. The molecule has 2 rings (SSSR count). The van der Waals surface area contributed by atoms with Crippen LogP contribution in [0.25, 0.3) is 0 Å². The van der Waals surface area contributed by atoms with Crippen LogP contribution in [0, 0.1) is 5.82 Å². The van der Waals surface area contributed by atoms with E-state index in [-0.39, 0.29) is 18.0 Å². The van der Waals surface area contributed by atoms with Crippen LogP contribution in [0.5, 0.6) is 0 Å². The molecule has 0 heterocycles. The Hall–Kier alpha value is -0.930. The van der Waals surface area contributed by atoms with E-state index in [0.717, 1.165) is 19.3 Å². The fraction of sp³-hybridized carbons (Fsp3) is 0.538. The lowest BCUT2D eigenvalue weighted by molar-refractivity contribution is 0.0819. The van der Waals surface area contributed by atoms with Gasteiger partial charge in [-0.25, -0.2) is 4.39 Å². The highest BCUT2D eigenvalue weighted by molar-refractivity contribution is 5.17. The maximum Gasteiger partial charge on any atom is 0.127 e. The van der Waals surface area contributed by atoms with Crippen LogP contribution in [0.2, 0.25) is 0 Å². The molecule has 0 amide bonds. The molecule has 16 heavy (non-hydrogen) atoms. The first-order valence-electron chi connectivity index (χ1n) is 5.80. The van der Waals surface area contributed by atoms with Gasteiger partial charge in [-0.05, 0) is 32.4 Å². The summed E-state index contributed by atoms with van der Waals surface area (Å²) in [7, 11) is 1.95. The van der Waals surface area contributed by atoms with Crippen LogP contribution < -0.4 is 0 Å². The van der Waals surface area contributed by atoms with E-state index in [1.54, 1.807) is 12.1 Å². The second kappa shape index (κ2) is 4.93. The lowest BCUT2D eigenvalue weighted by Crippen LogP contribution is -2.37. The molecule has 0 radical (unpaired) electrons. The van der Waals surface area contributed by atoms with Gasteiger partial charge >= 0.3 is 0 Å². The SMILES string of the molecule is CN(Cc1ccccc1F)[C@@H]1CCC[C@H]1O. The first kappa shape index (κ1) is 11.6. The number of rotatable bonds is 3. The summed E-state index contributed by atoms with van der Waals surface area (Å²) in [6.45, 7) is 0.564. The van der Waals surface area contributed by atoms with Gasteiger partial charge in [0.1, 0.15) is 5.82 Å². The number of halogens is 1. The maximum absolute atomic E-state index is 13.4. The third kappa shape index (κ3) is 2.42. The van der Waals surface area contributed by atoms with Gasteiger partial charge < -0.3 is 5.11 Å². The van der Waals surface area contributed by atoms with E-state index >= 15 is 0 Å². The molecule has 2 nitrogen and oxygen atoms in total. The maximum atomic E-state index is 13.4. The van der Waals surface area contributed by atoms with E-state index in [1.165, 1.54) is 6.07 Å². The molecule has 0 bridgehead atoms. The average Bonchev–Trinajstić information content (AvgIpc) is 2.68. The van der Waals surface area contributed by atoms with Crippen molar-refractivity contribution in [3.63, 3.8) is 0 Å². The van der Waals surface area contributed by atoms with Gasteiger partial charge in [0, 0.05) is 18.2 Å². The highest BCUT2D eigenvalue weighted by atomic mass is 19.1. The van der Waals surface area contributed by atoms with Crippen molar-refractivity contribution < 1.29 is 9.50 Å². The fourth-order valence-corrected chi connectivity index (χ4v) is 2.45. The van der Waals surface area contributed by atoms with Crippen molar-refractivity contribution in [2.24, 2.45) is 0 Å². The Balaban J connectivity index is 2.02. The molecule has 1 aliphatic carbocycles. The quantitative estimate of drug-likeness (QED) is 0.849. The van der Waals surface area contributed by atoms with Crippen LogP contribution in [-0.2, 0) is 6.54 Å². The smallest absolute Gasteiger partial charge is 0.127 e. The van der Waals surface area contributed by atoms with Crippen LogP contribution in [0.1, 0.15) is 24.8 Å². The summed E-state index contributed by atoms with van der Waals surface area (Å²) in [5.74, 6) is -0.165. The normalized spacial score (nSPS) is 25.2. The second-order valence-corrected chi connectivity index (χ2v) is 4.57. The zero-order valence-electron chi connectivity index (χ0n) is 9.56. The number of benzene rings is 1. The Kier molecular flexibility index (Phi) is 3.56. The van der Waals surface area contributed by atoms with Crippen LogP contribution >= 0.6 is 0 Å². The van der Waals surface area contributed by atoms with Gasteiger partial charge in [0.25, 0.3) is 0 Å². The summed E-state index contributed by atoms with van der Waals surface area (Å²) in [6.07, 6.45) is 2.68. The Morgan fingerprint density at radius 1 is 1.38 bits per heavy atom. The summed E-state index contributed by atoms with van der Waals surface area (Å²) in [4.78, 5) is 2.05. The van der Waals surface area contributed by atoms with Crippen molar-refractivity contribution in [1.82, 2.24) is 4.90 Å². The predicted molar refractivity (Wildman–Crippen MR) is 61.5 cm³/mol. The van der Waals surface area contributed by atoms with Crippen LogP contribution in [0.3, 0.4) is 0 Å². The van der Waals surface area contributed by atoms with E-state index in [2.05, 4.69) is 4.90 Å². The highest BCUT2D eigenvalue weighted by Crippen LogP contribution is 2.24. The van der Waals surface area contributed by atoms with Crippen molar-refractivity contribution in [3.05, 3.63) is 35.6 Å². The molecule has 1 saturated carbocycles. The molecular weight excluding hydrogens is 205 g/mol. The van der Waals surface area contributed by atoms with Crippen LogP contribution in [0.15, 0.2) is 24.3 Å². The molecule has 1 aliphatic rings. The molecule has 0 spiro atoms. The summed E-state index contributed by atoms with van der Waals surface area (Å²) in [6, 6.07) is 7.00.